The van der Waals surface area contributed by atoms with Crippen LogP contribution >= 0.6 is 11.6 Å². The molecule has 27 heavy (non-hydrogen) atoms. The van der Waals surface area contributed by atoms with Crippen molar-refractivity contribution in [1.82, 2.24) is 5.16 Å². The number of anilines is 1. The van der Waals surface area contributed by atoms with Crippen molar-refractivity contribution in [2.24, 2.45) is 0 Å². The number of carbonyl (C=O) groups excluding carboxylic acids is 1. The van der Waals surface area contributed by atoms with E-state index in [2.05, 4.69) is 5.16 Å². The summed E-state index contributed by atoms with van der Waals surface area (Å²) in [5, 5.41) is 4.68. The number of benzene rings is 2. The van der Waals surface area contributed by atoms with Gasteiger partial charge in [-0.15, -0.1) is 0 Å². The summed E-state index contributed by atoms with van der Waals surface area (Å²) in [7, 11) is 0. The first kappa shape index (κ1) is 17.6. The van der Waals surface area contributed by atoms with E-state index in [-0.39, 0.29) is 18.2 Å². The first-order valence-corrected chi connectivity index (χ1v) is 9.26. The second-order valence-corrected chi connectivity index (χ2v) is 7.00. The van der Waals surface area contributed by atoms with Crippen LogP contribution in [0.2, 0.25) is 5.02 Å². The smallest absolute Gasteiger partial charge is 0.280 e. The van der Waals surface area contributed by atoms with Gasteiger partial charge in [0.25, 0.3) is 5.91 Å². The van der Waals surface area contributed by atoms with Crippen LogP contribution in [0.5, 0.6) is 5.75 Å². The molecule has 1 aliphatic heterocycles. The highest BCUT2D eigenvalue weighted by atomic mass is 35.5. The van der Waals surface area contributed by atoms with Gasteiger partial charge in [-0.2, -0.15) is 0 Å². The second kappa shape index (κ2) is 7.08. The van der Waals surface area contributed by atoms with Gasteiger partial charge in [0.15, 0.2) is 11.5 Å². The standard InChI is InChI=1S/C21H19ClN2O3/c1-3-9-24(15-6-4-5-14(22)11-15)21(25)19-17-12-26-18-8-7-13(2)10-16(18)20(17)27-23-19/h4-8,10-11H,3,9,12H2,1-2H3. The molecule has 0 bridgehead atoms. The first-order valence-electron chi connectivity index (χ1n) is 8.88. The van der Waals surface area contributed by atoms with Gasteiger partial charge < -0.3 is 14.2 Å². The topological polar surface area (TPSA) is 55.6 Å². The van der Waals surface area contributed by atoms with Gasteiger partial charge >= 0.3 is 0 Å². The third-order valence-electron chi connectivity index (χ3n) is 4.55. The zero-order valence-corrected chi connectivity index (χ0v) is 15.9. The first-order chi connectivity index (χ1) is 13.1. The normalized spacial score (nSPS) is 12.1. The van der Waals surface area contributed by atoms with Crippen molar-refractivity contribution in [3.63, 3.8) is 0 Å². The van der Waals surface area contributed by atoms with Crippen LogP contribution < -0.4 is 9.64 Å². The van der Waals surface area contributed by atoms with E-state index < -0.39 is 0 Å². The highest BCUT2D eigenvalue weighted by molar-refractivity contribution is 6.31. The Bertz CT molecular complexity index is 1010. The number of hydrogen-bond donors (Lipinski definition) is 0. The summed E-state index contributed by atoms with van der Waals surface area (Å²) in [6.45, 7) is 4.83. The fourth-order valence-corrected chi connectivity index (χ4v) is 3.45. The van der Waals surface area contributed by atoms with Gasteiger partial charge in [-0.1, -0.05) is 41.4 Å². The molecule has 1 aromatic heterocycles. The minimum Gasteiger partial charge on any atom is -0.488 e. The zero-order valence-electron chi connectivity index (χ0n) is 15.2. The Hall–Kier alpha value is -2.79. The van der Waals surface area contributed by atoms with Crippen LogP contribution in [0.3, 0.4) is 0 Å². The number of amides is 1. The third kappa shape index (κ3) is 3.19. The molecule has 0 N–H and O–H groups in total. The Kier molecular flexibility index (Phi) is 4.62. The highest BCUT2D eigenvalue weighted by Crippen LogP contribution is 2.39. The maximum atomic E-state index is 13.3. The summed E-state index contributed by atoms with van der Waals surface area (Å²) in [5.74, 6) is 1.12. The number of hydrogen-bond acceptors (Lipinski definition) is 4. The number of aromatic nitrogens is 1. The van der Waals surface area contributed by atoms with Gasteiger partial charge in [0.05, 0.1) is 11.1 Å². The molecule has 1 aliphatic rings. The average molecular weight is 383 g/mol. The molecule has 4 rings (SSSR count). The molecule has 0 atom stereocenters. The Morgan fingerprint density at radius 1 is 1.26 bits per heavy atom. The highest BCUT2D eigenvalue weighted by Gasteiger charge is 2.31. The minimum absolute atomic E-state index is 0.219. The lowest BCUT2D eigenvalue weighted by atomic mass is 10.0. The molecule has 0 aliphatic carbocycles. The van der Waals surface area contributed by atoms with E-state index in [1.807, 2.05) is 44.2 Å². The molecule has 2 aromatic carbocycles. The molecule has 0 saturated heterocycles. The lowest BCUT2D eigenvalue weighted by molar-refractivity contribution is 0.0976. The van der Waals surface area contributed by atoms with Crippen molar-refractivity contribution in [3.05, 3.63) is 64.3 Å². The SMILES string of the molecule is CCCN(C(=O)c1noc2c1COc1ccc(C)cc1-2)c1cccc(Cl)c1. The number of nitrogens with zero attached hydrogens (tertiary/aromatic N) is 2. The number of aryl methyl sites for hydroxylation is 1. The Balaban J connectivity index is 1.75. The summed E-state index contributed by atoms with van der Waals surface area (Å²) in [4.78, 5) is 14.9. The van der Waals surface area contributed by atoms with Crippen LogP contribution in [0.25, 0.3) is 11.3 Å². The van der Waals surface area contributed by atoms with Crippen molar-refractivity contribution in [3.8, 4) is 17.1 Å². The van der Waals surface area contributed by atoms with Crippen molar-refractivity contribution in [1.29, 1.82) is 0 Å². The lowest BCUT2D eigenvalue weighted by Gasteiger charge is -2.22. The van der Waals surface area contributed by atoms with E-state index >= 15 is 0 Å². The van der Waals surface area contributed by atoms with Gasteiger partial charge in [0, 0.05) is 17.3 Å². The molecule has 6 heteroatoms. The van der Waals surface area contributed by atoms with Gasteiger partial charge in [0.2, 0.25) is 0 Å². The Morgan fingerprint density at radius 2 is 2.11 bits per heavy atom. The molecule has 0 fully saturated rings. The van der Waals surface area contributed by atoms with E-state index in [0.29, 0.717) is 22.9 Å². The van der Waals surface area contributed by atoms with Crippen molar-refractivity contribution in [2.75, 3.05) is 11.4 Å². The molecule has 0 radical (unpaired) electrons. The summed E-state index contributed by atoms with van der Waals surface area (Å²) in [6, 6.07) is 13.1. The van der Waals surface area contributed by atoms with E-state index in [1.54, 1.807) is 17.0 Å². The Labute approximate surface area is 162 Å². The molecule has 138 valence electrons. The minimum atomic E-state index is -0.219. The van der Waals surface area contributed by atoms with Crippen molar-refractivity contribution < 1.29 is 14.1 Å². The number of halogens is 1. The Morgan fingerprint density at radius 3 is 2.89 bits per heavy atom. The maximum Gasteiger partial charge on any atom is 0.280 e. The van der Waals surface area contributed by atoms with E-state index in [1.165, 1.54) is 0 Å². The number of fused-ring (bicyclic) bond motifs is 3. The quantitative estimate of drug-likeness (QED) is 0.618. The monoisotopic (exact) mass is 382 g/mol. The van der Waals surface area contributed by atoms with Gasteiger partial charge in [-0.25, -0.2) is 0 Å². The van der Waals surface area contributed by atoms with Crippen LogP contribution in [-0.2, 0) is 6.61 Å². The van der Waals surface area contributed by atoms with E-state index in [0.717, 1.165) is 29.0 Å². The van der Waals surface area contributed by atoms with Gasteiger partial charge in [0.1, 0.15) is 12.4 Å². The molecular weight excluding hydrogens is 364 g/mol. The predicted octanol–water partition coefficient (Wildman–Crippen LogP) is 5.25. The van der Waals surface area contributed by atoms with Crippen molar-refractivity contribution >= 4 is 23.2 Å². The van der Waals surface area contributed by atoms with Gasteiger partial charge in [-0.05, 0) is 43.7 Å². The molecule has 0 unspecified atom stereocenters. The van der Waals surface area contributed by atoms with Crippen LogP contribution in [0.1, 0.15) is 35.0 Å². The zero-order chi connectivity index (χ0) is 19.0. The molecule has 2 heterocycles. The van der Waals surface area contributed by atoms with Gasteiger partial charge in [-0.3, -0.25) is 4.79 Å². The predicted molar refractivity (Wildman–Crippen MR) is 104 cm³/mol. The number of carbonyl (C=O) groups is 1. The van der Waals surface area contributed by atoms with E-state index in [4.69, 9.17) is 20.9 Å². The van der Waals surface area contributed by atoms with Crippen molar-refractivity contribution in [2.45, 2.75) is 26.9 Å². The summed E-state index contributed by atoms with van der Waals surface area (Å²) < 4.78 is 11.4. The molecule has 0 spiro atoms. The van der Waals surface area contributed by atoms with E-state index in [9.17, 15) is 4.79 Å². The summed E-state index contributed by atoms with van der Waals surface area (Å²) in [6.07, 6.45) is 0.802. The number of ether oxygens (including phenoxy) is 1. The fourth-order valence-electron chi connectivity index (χ4n) is 3.26. The molecule has 5 nitrogen and oxygen atoms in total. The second-order valence-electron chi connectivity index (χ2n) is 6.56. The number of rotatable bonds is 4. The van der Waals surface area contributed by atoms with Crippen LogP contribution in [0.15, 0.2) is 47.0 Å². The van der Waals surface area contributed by atoms with Crippen LogP contribution in [0.4, 0.5) is 5.69 Å². The summed E-state index contributed by atoms with van der Waals surface area (Å²) in [5.41, 5.74) is 3.61. The molecule has 3 aromatic rings. The fraction of sp³-hybridized carbons (Fsp3) is 0.238. The van der Waals surface area contributed by atoms with Crippen LogP contribution in [0, 0.1) is 6.92 Å². The molecule has 0 saturated carbocycles. The lowest BCUT2D eigenvalue weighted by Crippen LogP contribution is -2.32. The largest absolute Gasteiger partial charge is 0.488 e. The molecule has 1 amide bonds. The molecular formula is C21H19ClN2O3. The van der Waals surface area contributed by atoms with Crippen LogP contribution in [-0.4, -0.2) is 17.6 Å². The third-order valence-corrected chi connectivity index (χ3v) is 4.79. The summed E-state index contributed by atoms with van der Waals surface area (Å²) >= 11 is 6.11. The maximum absolute atomic E-state index is 13.3. The average Bonchev–Trinajstić information content (AvgIpc) is 3.10.